The van der Waals surface area contributed by atoms with E-state index in [-0.39, 0.29) is 0 Å². The summed E-state index contributed by atoms with van der Waals surface area (Å²) < 4.78 is 15.4. The maximum Gasteiger partial charge on any atom is 0.350 e. The van der Waals surface area contributed by atoms with E-state index < -0.39 is 5.97 Å². The smallest absolute Gasteiger partial charge is 0.350 e. The van der Waals surface area contributed by atoms with Crippen molar-refractivity contribution in [1.29, 1.82) is 0 Å². The van der Waals surface area contributed by atoms with Gasteiger partial charge in [0.2, 0.25) is 0 Å². The predicted molar refractivity (Wildman–Crippen MR) is 83.3 cm³/mol. The van der Waals surface area contributed by atoms with Crippen molar-refractivity contribution in [3.8, 4) is 21.9 Å². The largest absolute Gasteiger partial charge is 0.497 e. The molecule has 2 aromatic rings. The number of nitrogens with two attached hydrogens (primary N) is 1. The van der Waals surface area contributed by atoms with Crippen LogP contribution in [0.25, 0.3) is 10.4 Å². The number of rotatable bonds is 4. The molecule has 21 heavy (non-hydrogen) atoms. The molecule has 0 fully saturated rings. The third kappa shape index (κ3) is 2.67. The molecule has 0 aliphatic heterocycles. The lowest BCUT2D eigenvalue weighted by Crippen LogP contribution is -2.01. The minimum absolute atomic E-state index is 0.398. The second kappa shape index (κ2) is 6.05. The van der Waals surface area contributed by atoms with E-state index in [1.54, 1.807) is 14.2 Å². The average molecular weight is 307 g/mol. The predicted octanol–water partition coefficient (Wildman–Crippen LogP) is 3.11. The molecule has 0 spiro atoms. The minimum atomic E-state index is -0.436. The normalized spacial score (nSPS) is 10.3. The molecule has 0 saturated carbocycles. The first kappa shape index (κ1) is 15.2. The molecule has 0 saturated heterocycles. The van der Waals surface area contributed by atoms with Crippen LogP contribution >= 0.6 is 11.3 Å². The number of hydrogen-bond donors (Lipinski definition) is 1. The number of thiophene rings is 1. The van der Waals surface area contributed by atoms with Crippen LogP contribution in [0, 0.1) is 6.92 Å². The van der Waals surface area contributed by atoms with Crippen molar-refractivity contribution in [2.24, 2.45) is 0 Å². The molecule has 0 bridgehead atoms. The molecule has 0 unspecified atom stereocenters. The Morgan fingerprint density at radius 3 is 2.48 bits per heavy atom. The Morgan fingerprint density at radius 2 is 1.90 bits per heavy atom. The fourth-order valence-corrected chi connectivity index (χ4v) is 3.19. The Bertz CT molecular complexity index is 679. The van der Waals surface area contributed by atoms with Gasteiger partial charge in [-0.1, -0.05) is 0 Å². The summed E-state index contributed by atoms with van der Waals surface area (Å²) in [6, 6.07) is 5.50. The van der Waals surface area contributed by atoms with Crippen LogP contribution in [-0.2, 0) is 4.74 Å². The Balaban J connectivity index is 2.64. The van der Waals surface area contributed by atoms with Gasteiger partial charge < -0.3 is 19.9 Å². The van der Waals surface area contributed by atoms with Crippen LogP contribution in [0.4, 0.5) is 5.69 Å². The van der Waals surface area contributed by atoms with Crippen molar-refractivity contribution in [1.82, 2.24) is 0 Å². The van der Waals surface area contributed by atoms with Crippen molar-refractivity contribution in [2.45, 2.75) is 6.92 Å². The van der Waals surface area contributed by atoms with E-state index in [9.17, 15) is 4.79 Å². The number of carbonyl (C=O) groups excluding carboxylic acids is 1. The Labute approximate surface area is 127 Å². The van der Waals surface area contributed by atoms with E-state index in [0.717, 1.165) is 16.0 Å². The number of esters is 1. The molecule has 0 atom stereocenters. The fraction of sp³-hybridized carbons (Fsp3) is 0.267. The first-order valence-corrected chi connectivity index (χ1v) is 7.04. The van der Waals surface area contributed by atoms with Gasteiger partial charge in [0.25, 0.3) is 0 Å². The molecule has 2 N–H and O–H groups in total. The SMILES string of the molecule is COC(=O)c1sc(-c2cc(OC)ccc2OC)c(C)c1N. The van der Waals surface area contributed by atoms with Crippen LogP contribution in [0.1, 0.15) is 15.2 Å². The Hall–Kier alpha value is -2.21. The number of methoxy groups -OCH3 is 3. The Kier molecular flexibility index (Phi) is 4.37. The molecule has 112 valence electrons. The molecule has 2 rings (SSSR count). The van der Waals surface area contributed by atoms with Crippen LogP contribution in [-0.4, -0.2) is 27.3 Å². The van der Waals surface area contributed by atoms with Crippen molar-refractivity contribution >= 4 is 23.0 Å². The summed E-state index contributed by atoms with van der Waals surface area (Å²) in [4.78, 5) is 13.0. The second-order valence-electron chi connectivity index (χ2n) is 4.36. The van der Waals surface area contributed by atoms with Gasteiger partial charge in [0.1, 0.15) is 16.4 Å². The van der Waals surface area contributed by atoms with Crippen molar-refractivity contribution in [3.05, 3.63) is 28.6 Å². The standard InChI is InChI=1S/C15H17NO4S/c1-8-12(16)14(15(17)20-4)21-13(8)10-7-9(18-2)5-6-11(10)19-3/h5-7H,16H2,1-4H3. The summed E-state index contributed by atoms with van der Waals surface area (Å²) >= 11 is 1.29. The van der Waals surface area contributed by atoms with Gasteiger partial charge in [0.05, 0.1) is 27.0 Å². The number of nitrogen functional groups attached to an aromatic ring is 1. The fourth-order valence-electron chi connectivity index (χ4n) is 2.02. The minimum Gasteiger partial charge on any atom is -0.497 e. The highest BCUT2D eigenvalue weighted by Gasteiger charge is 2.22. The van der Waals surface area contributed by atoms with Crippen molar-refractivity contribution in [2.75, 3.05) is 27.1 Å². The lowest BCUT2D eigenvalue weighted by Gasteiger charge is -2.10. The van der Waals surface area contributed by atoms with Gasteiger partial charge in [-0.25, -0.2) is 4.79 Å². The van der Waals surface area contributed by atoms with E-state index in [0.29, 0.717) is 22.1 Å². The van der Waals surface area contributed by atoms with Gasteiger partial charge in [0, 0.05) is 10.4 Å². The summed E-state index contributed by atoms with van der Waals surface area (Å²) in [5, 5.41) is 0. The van der Waals surface area contributed by atoms with Gasteiger partial charge in [-0.2, -0.15) is 0 Å². The molecule has 1 aromatic carbocycles. The maximum atomic E-state index is 11.8. The topological polar surface area (TPSA) is 70.8 Å². The molecule has 6 heteroatoms. The highest BCUT2D eigenvalue weighted by atomic mass is 32.1. The summed E-state index contributed by atoms with van der Waals surface area (Å²) in [7, 11) is 4.53. The van der Waals surface area contributed by atoms with E-state index in [2.05, 4.69) is 0 Å². The summed E-state index contributed by atoms with van der Waals surface area (Å²) in [6.07, 6.45) is 0. The second-order valence-corrected chi connectivity index (χ2v) is 5.38. The molecule has 5 nitrogen and oxygen atoms in total. The van der Waals surface area contributed by atoms with Crippen LogP contribution < -0.4 is 15.2 Å². The molecular formula is C15H17NO4S. The average Bonchev–Trinajstić information content (AvgIpc) is 2.81. The molecule has 0 amide bonds. The quantitative estimate of drug-likeness (QED) is 0.879. The molecule has 0 aliphatic carbocycles. The van der Waals surface area contributed by atoms with Gasteiger partial charge in [-0.15, -0.1) is 11.3 Å². The molecule has 0 aliphatic rings. The van der Waals surface area contributed by atoms with E-state index in [4.69, 9.17) is 19.9 Å². The van der Waals surface area contributed by atoms with E-state index in [1.165, 1.54) is 18.4 Å². The zero-order valence-electron chi connectivity index (χ0n) is 12.4. The van der Waals surface area contributed by atoms with Gasteiger partial charge in [-0.05, 0) is 30.7 Å². The summed E-state index contributed by atoms with van der Waals surface area (Å²) in [5.41, 5.74) is 8.11. The van der Waals surface area contributed by atoms with Gasteiger partial charge in [0.15, 0.2) is 0 Å². The lowest BCUT2D eigenvalue weighted by molar-refractivity contribution is 0.0607. The highest BCUT2D eigenvalue weighted by molar-refractivity contribution is 7.18. The third-order valence-corrected chi connectivity index (χ3v) is 4.54. The molecular weight excluding hydrogens is 290 g/mol. The van der Waals surface area contributed by atoms with E-state index in [1.807, 2.05) is 25.1 Å². The molecule has 1 aromatic heterocycles. The van der Waals surface area contributed by atoms with Crippen molar-refractivity contribution < 1.29 is 19.0 Å². The zero-order chi connectivity index (χ0) is 15.6. The maximum absolute atomic E-state index is 11.8. The summed E-state index contributed by atoms with van der Waals surface area (Å²) in [5.74, 6) is 0.960. The molecule has 1 heterocycles. The summed E-state index contributed by atoms with van der Waals surface area (Å²) in [6.45, 7) is 1.87. The van der Waals surface area contributed by atoms with Gasteiger partial charge >= 0.3 is 5.97 Å². The van der Waals surface area contributed by atoms with E-state index >= 15 is 0 Å². The lowest BCUT2D eigenvalue weighted by atomic mass is 10.1. The van der Waals surface area contributed by atoms with Crippen LogP contribution in [0.3, 0.4) is 0 Å². The number of benzene rings is 1. The number of carbonyl (C=O) groups is 1. The zero-order valence-corrected chi connectivity index (χ0v) is 13.2. The van der Waals surface area contributed by atoms with Crippen molar-refractivity contribution in [3.63, 3.8) is 0 Å². The van der Waals surface area contributed by atoms with Crippen LogP contribution in [0.2, 0.25) is 0 Å². The van der Waals surface area contributed by atoms with Crippen LogP contribution in [0.15, 0.2) is 18.2 Å². The third-order valence-electron chi connectivity index (χ3n) is 3.22. The first-order valence-electron chi connectivity index (χ1n) is 6.23. The number of anilines is 1. The van der Waals surface area contributed by atoms with Gasteiger partial charge in [-0.3, -0.25) is 0 Å². The highest BCUT2D eigenvalue weighted by Crippen LogP contribution is 2.43. The number of hydrogen-bond acceptors (Lipinski definition) is 6. The molecule has 0 radical (unpaired) electrons. The number of ether oxygens (including phenoxy) is 3. The van der Waals surface area contributed by atoms with Crippen LogP contribution in [0.5, 0.6) is 11.5 Å². The first-order chi connectivity index (χ1) is 10.0. The Morgan fingerprint density at radius 1 is 1.19 bits per heavy atom. The monoisotopic (exact) mass is 307 g/mol.